The normalized spacial score (nSPS) is 14.4. The van der Waals surface area contributed by atoms with E-state index in [0.29, 0.717) is 22.4 Å². The molecule has 1 aromatic rings. The molecule has 3 nitrogen and oxygen atoms in total. The first-order valence-electron chi connectivity index (χ1n) is 5.45. The van der Waals surface area contributed by atoms with E-state index in [9.17, 15) is 22.8 Å². The summed E-state index contributed by atoms with van der Waals surface area (Å²) in [7, 11) is 0. The molecule has 0 unspecified atom stereocenters. The SMILES string of the molecule is O=C(CCl)c1ccc2c(c1)CCN2C(=O)C(F)(F)F. The zero-order valence-corrected chi connectivity index (χ0v) is 10.4. The third-order valence-corrected chi connectivity index (χ3v) is 3.15. The first kappa shape index (κ1) is 13.9. The predicted molar refractivity (Wildman–Crippen MR) is 63.6 cm³/mol. The molecule has 102 valence electrons. The van der Waals surface area contributed by atoms with Gasteiger partial charge in [0, 0.05) is 17.8 Å². The van der Waals surface area contributed by atoms with E-state index in [1.165, 1.54) is 18.2 Å². The highest BCUT2D eigenvalue weighted by Gasteiger charge is 2.44. The van der Waals surface area contributed by atoms with Gasteiger partial charge in [0.05, 0.1) is 5.88 Å². The molecule has 7 heteroatoms. The molecule has 1 heterocycles. The van der Waals surface area contributed by atoms with E-state index >= 15 is 0 Å². The van der Waals surface area contributed by atoms with E-state index in [0.717, 1.165) is 0 Å². The molecule has 0 spiro atoms. The number of alkyl halides is 4. The lowest BCUT2D eigenvalue weighted by Gasteiger charge is -2.18. The van der Waals surface area contributed by atoms with Crippen LogP contribution < -0.4 is 4.90 Å². The minimum absolute atomic E-state index is 0.0355. The van der Waals surface area contributed by atoms with Gasteiger partial charge in [0.25, 0.3) is 0 Å². The molecule has 1 aliphatic heterocycles. The van der Waals surface area contributed by atoms with Crippen molar-refractivity contribution in [1.82, 2.24) is 0 Å². The molecule has 0 aromatic heterocycles. The second kappa shape index (κ2) is 4.85. The van der Waals surface area contributed by atoms with E-state index in [4.69, 9.17) is 11.6 Å². The van der Waals surface area contributed by atoms with Crippen LogP contribution in [0.4, 0.5) is 18.9 Å². The lowest BCUT2D eigenvalue weighted by Crippen LogP contribution is -2.40. The Balaban J connectivity index is 2.32. The quantitative estimate of drug-likeness (QED) is 0.620. The maximum absolute atomic E-state index is 12.4. The highest BCUT2D eigenvalue weighted by molar-refractivity contribution is 6.30. The van der Waals surface area contributed by atoms with E-state index in [1.807, 2.05) is 0 Å². The van der Waals surface area contributed by atoms with Gasteiger partial charge in [-0.2, -0.15) is 13.2 Å². The van der Waals surface area contributed by atoms with Crippen LogP contribution in [0, 0.1) is 0 Å². The van der Waals surface area contributed by atoms with Crippen molar-refractivity contribution in [1.29, 1.82) is 0 Å². The molecule has 1 aromatic carbocycles. The van der Waals surface area contributed by atoms with E-state index in [2.05, 4.69) is 0 Å². The van der Waals surface area contributed by atoms with Crippen LogP contribution in [0.1, 0.15) is 15.9 Å². The first-order chi connectivity index (χ1) is 8.84. The maximum Gasteiger partial charge on any atom is 0.471 e. The van der Waals surface area contributed by atoms with Crippen LogP contribution in [-0.4, -0.2) is 30.3 Å². The third-order valence-electron chi connectivity index (χ3n) is 2.91. The van der Waals surface area contributed by atoms with Gasteiger partial charge in [-0.3, -0.25) is 9.59 Å². The van der Waals surface area contributed by atoms with Gasteiger partial charge in [0.1, 0.15) is 0 Å². The molecule has 0 radical (unpaired) electrons. The molecular weight excluding hydrogens is 283 g/mol. The van der Waals surface area contributed by atoms with Crippen LogP contribution in [0.5, 0.6) is 0 Å². The molecule has 19 heavy (non-hydrogen) atoms. The lowest BCUT2D eigenvalue weighted by atomic mass is 10.1. The molecule has 2 rings (SSSR count). The van der Waals surface area contributed by atoms with Crippen molar-refractivity contribution in [3.05, 3.63) is 29.3 Å². The van der Waals surface area contributed by atoms with Crippen LogP contribution >= 0.6 is 11.6 Å². The Morgan fingerprint density at radius 1 is 1.32 bits per heavy atom. The lowest BCUT2D eigenvalue weighted by molar-refractivity contribution is -0.170. The smallest absolute Gasteiger partial charge is 0.304 e. The standard InChI is InChI=1S/C12H9ClF3NO2/c13-6-10(18)8-1-2-9-7(5-8)3-4-17(9)11(19)12(14,15)16/h1-2,5H,3-4,6H2. The number of amides is 1. The summed E-state index contributed by atoms with van der Waals surface area (Å²) in [4.78, 5) is 23.3. The number of anilines is 1. The predicted octanol–water partition coefficient (Wildman–Crippen LogP) is 2.56. The summed E-state index contributed by atoms with van der Waals surface area (Å²) >= 11 is 5.41. The van der Waals surface area contributed by atoms with Crippen molar-refractivity contribution in [2.75, 3.05) is 17.3 Å². The molecule has 0 saturated heterocycles. The van der Waals surface area contributed by atoms with Crippen LogP contribution in [-0.2, 0) is 11.2 Å². The minimum Gasteiger partial charge on any atom is -0.304 e. The Morgan fingerprint density at radius 3 is 2.58 bits per heavy atom. The van der Waals surface area contributed by atoms with Crippen molar-refractivity contribution >= 4 is 29.0 Å². The van der Waals surface area contributed by atoms with Gasteiger partial charge in [0.15, 0.2) is 5.78 Å². The maximum atomic E-state index is 12.4. The van der Waals surface area contributed by atoms with Gasteiger partial charge in [-0.25, -0.2) is 0 Å². The largest absolute Gasteiger partial charge is 0.471 e. The number of nitrogens with zero attached hydrogens (tertiary/aromatic N) is 1. The number of carbonyl (C=O) groups is 2. The Hall–Kier alpha value is -1.56. The van der Waals surface area contributed by atoms with Gasteiger partial charge >= 0.3 is 12.1 Å². The second-order valence-electron chi connectivity index (χ2n) is 4.10. The number of ketones is 1. The molecular formula is C12H9ClF3NO2. The fourth-order valence-corrected chi connectivity index (χ4v) is 2.17. The van der Waals surface area contributed by atoms with Gasteiger partial charge in [-0.05, 0) is 30.2 Å². The summed E-state index contributed by atoms with van der Waals surface area (Å²) in [5.41, 5.74) is 1.09. The van der Waals surface area contributed by atoms with Crippen LogP contribution in [0.15, 0.2) is 18.2 Å². The average molecular weight is 292 g/mol. The molecule has 0 saturated carbocycles. The second-order valence-corrected chi connectivity index (χ2v) is 4.37. The van der Waals surface area contributed by atoms with Crippen LogP contribution in [0.3, 0.4) is 0 Å². The van der Waals surface area contributed by atoms with E-state index in [1.54, 1.807) is 0 Å². The van der Waals surface area contributed by atoms with Crippen molar-refractivity contribution < 1.29 is 22.8 Å². The fourth-order valence-electron chi connectivity index (χ4n) is 2.02. The molecule has 0 aliphatic carbocycles. The number of rotatable bonds is 2. The summed E-state index contributed by atoms with van der Waals surface area (Å²) < 4.78 is 37.2. The summed E-state index contributed by atoms with van der Waals surface area (Å²) in [5, 5.41) is 0. The Labute approximate surface area is 111 Å². The monoisotopic (exact) mass is 291 g/mol. The average Bonchev–Trinajstić information content (AvgIpc) is 2.78. The zero-order valence-electron chi connectivity index (χ0n) is 9.63. The molecule has 0 N–H and O–H groups in total. The van der Waals surface area contributed by atoms with E-state index in [-0.39, 0.29) is 23.9 Å². The van der Waals surface area contributed by atoms with Crippen molar-refractivity contribution in [2.24, 2.45) is 0 Å². The Bertz CT molecular complexity index is 542. The summed E-state index contributed by atoms with van der Waals surface area (Å²) in [6, 6.07) is 4.22. The summed E-state index contributed by atoms with van der Waals surface area (Å²) in [5.74, 6) is -2.38. The highest BCUT2D eigenvalue weighted by Crippen LogP contribution is 2.32. The number of hydrogen-bond donors (Lipinski definition) is 0. The Morgan fingerprint density at radius 2 is 2.00 bits per heavy atom. The molecule has 0 fully saturated rings. The van der Waals surface area contributed by atoms with Crippen molar-refractivity contribution in [3.63, 3.8) is 0 Å². The third kappa shape index (κ3) is 2.58. The molecule has 0 bridgehead atoms. The molecule has 1 aliphatic rings. The number of fused-ring (bicyclic) bond motifs is 1. The van der Waals surface area contributed by atoms with Crippen molar-refractivity contribution in [3.8, 4) is 0 Å². The molecule has 0 atom stereocenters. The number of Topliss-reactive ketones (excluding diaryl/α,β-unsaturated/α-hetero) is 1. The minimum atomic E-state index is -4.90. The van der Waals surface area contributed by atoms with Crippen LogP contribution in [0.25, 0.3) is 0 Å². The van der Waals surface area contributed by atoms with Gasteiger partial charge in [0.2, 0.25) is 0 Å². The number of hydrogen-bond acceptors (Lipinski definition) is 2. The van der Waals surface area contributed by atoms with E-state index < -0.39 is 12.1 Å². The summed E-state index contributed by atoms with van der Waals surface area (Å²) in [6.45, 7) is -0.0355. The van der Waals surface area contributed by atoms with Gasteiger partial charge < -0.3 is 4.90 Å². The van der Waals surface area contributed by atoms with Gasteiger partial charge in [-0.15, -0.1) is 11.6 Å². The number of carbonyl (C=O) groups excluding carboxylic acids is 2. The number of halogens is 4. The van der Waals surface area contributed by atoms with Crippen molar-refractivity contribution in [2.45, 2.75) is 12.6 Å². The topological polar surface area (TPSA) is 37.4 Å². The molecule has 1 amide bonds. The first-order valence-corrected chi connectivity index (χ1v) is 5.99. The van der Waals surface area contributed by atoms with Gasteiger partial charge in [-0.1, -0.05) is 0 Å². The zero-order chi connectivity index (χ0) is 14.2. The van der Waals surface area contributed by atoms with Crippen LogP contribution in [0.2, 0.25) is 0 Å². The summed E-state index contributed by atoms with van der Waals surface area (Å²) in [6.07, 6.45) is -4.60. The highest BCUT2D eigenvalue weighted by atomic mass is 35.5. The Kier molecular flexibility index (Phi) is 3.54. The number of benzene rings is 1. The fraction of sp³-hybridized carbons (Fsp3) is 0.333.